The zero-order chi connectivity index (χ0) is 20.4. The number of aromatic amines is 1. The molecule has 3 heterocycles. The number of thiazole rings is 1. The quantitative estimate of drug-likeness (QED) is 0.715. The third-order valence-electron chi connectivity index (χ3n) is 5.33. The second kappa shape index (κ2) is 8.16. The Morgan fingerprint density at radius 2 is 1.90 bits per heavy atom. The van der Waals surface area contributed by atoms with E-state index in [2.05, 4.69) is 15.2 Å². The van der Waals surface area contributed by atoms with Gasteiger partial charge in [0.1, 0.15) is 5.69 Å². The van der Waals surface area contributed by atoms with Crippen molar-refractivity contribution in [3.63, 3.8) is 0 Å². The smallest absolute Gasteiger partial charge is 0.278 e. The van der Waals surface area contributed by atoms with Crippen molar-refractivity contribution < 1.29 is 9.59 Å². The van der Waals surface area contributed by atoms with Crippen LogP contribution < -0.4 is 4.90 Å². The Balaban J connectivity index is 1.38. The maximum absolute atomic E-state index is 12.7. The molecular weight excluding hydrogens is 386 g/mol. The van der Waals surface area contributed by atoms with Gasteiger partial charge < -0.3 is 9.80 Å². The summed E-state index contributed by atoms with van der Waals surface area (Å²) in [6.07, 6.45) is 1.67. The van der Waals surface area contributed by atoms with E-state index in [0.29, 0.717) is 24.5 Å². The summed E-state index contributed by atoms with van der Waals surface area (Å²) < 4.78 is 0. The highest BCUT2D eigenvalue weighted by Gasteiger charge is 2.27. The van der Waals surface area contributed by atoms with E-state index in [-0.39, 0.29) is 17.7 Å². The van der Waals surface area contributed by atoms with Crippen LogP contribution >= 0.6 is 11.3 Å². The topological polar surface area (TPSA) is 82.2 Å². The monoisotopic (exact) mass is 409 g/mol. The van der Waals surface area contributed by atoms with E-state index < -0.39 is 0 Å². The average Bonchev–Trinajstić information content (AvgIpc) is 3.42. The van der Waals surface area contributed by atoms with Gasteiger partial charge in [-0.3, -0.25) is 14.7 Å². The summed E-state index contributed by atoms with van der Waals surface area (Å²) >= 11 is 1.49. The highest BCUT2D eigenvalue weighted by molar-refractivity contribution is 7.09. The minimum absolute atomic E-state index is 0.00207. The highest BCUT2D eigenvalue weighted by atomic mass is 32.1. The first-order valence-electron chi connectivity index (χ1n) is 9.62. The van der Waals surface area contributed by atoms with Crippen LogP contribution in [-0.4, -0.2) is 52.0 Å². The van der Waals surface area contributed by atoms with Gasteiger partial charge in [-0.05, 0) is 38.0 Å². The first kappa shape index (κ1) is 19.3. The number of carbonyl (C=O) groups is 2. The number of amides is 2. The molecule has 2 aromatic heterocycles. The summed E-state index contributed by atoms with van der Waals surface area (Å²) in [4.78, 5) is 33.0. The molecule has 150 valence electrons. The Labute approximate surface area is 173 Å². The fraction of sp³-hybridized carbons (Fsp3) is 0.333. The predicted molar refractivity (Wildman–Crippen MR) is 112 cm³/mol. The Morgan fingerprint density at radius 3 is 2.55 bits per heavy atom. The minimum Gasteiger partial charge on any atom is -0.337 e. The number of aromatic nitrogens is 3. The van der Waals surface area contributed by atoms with Crippen LogP contribution in [0, 0.1) is 6.92 Å². The van der Waals surface area contributed by atoms with E-state index >= 15 is 0 Å². The molecule has 0 atom stereocenters. The molecule has 0 saturated carbocycles. The molecule has 0 bridgehead atoms. The molecule has 0 spiro atoms. The lowest BCUT2D eigenvalue weighted by Gasteiger charge is -2.31. The zero-order valence-electron chi connectivity index (χ0n) is 16.5. The van der Waals surface area contributed by atoms with Crippen LogP contribution in [0.1, 0.15) is 50.4 Å². The van der Waals surface area contributed by atoms with Gasteiger partial charge >= 0.3 is 0 Å². The van der Waals surface area contributed by atoms with Crippen molar-refractivity contribution in [2.75, 3.05) is 25.0 Å². The predicted octanol–water partition coefficient (Wildman–Crippen LogP) is 3.47. The molecule has 2 amide bonds. The van der Waals surface area contributed by atoms with Gasteiger partial charge in [-0.25, -0.2) is 4.98 Å². The molecule has 1 fully saturated rings. The molecule has 1 N–H and O–H groups in total. The lowest BCUT2D eigenvalue weighted by Crippen LogP contribution is -2.38. The second-order valence-corrected chi connectivity index (χ2v) is 8.29. The lowest BCUT2D eigenvalue weighted by atomic mass is 9.93. The molecule has 0 aliphatic carbocycles. The first-order valence-corrected chi connectivity index (χ1v) is 10.5. The summed E-state index contributed by atoms with van der Waals surface area (Å²) in [5.74, 6) is 0.107. The minimum atomic E-state index is -0.148. The van der Waals surface area contributed by atoms with Gasteiger partial charge in [0.15, 0.2) is 5.69 Å². The summed E-state index contributed by atoms with van der Waals surface area (Å²) in [5.41, 5.74) is 2.71. The van der Waals surface area contributed by atoms with Gasteiger partial charge in [0.25, 0.3) is 11.8 Å². The van der Waals surface area contributed by atoms with E-state index in [1.165, 1.54) is 11.3 Å². The number of benzene rings is 1. The number of nitrogens with one attached hydrogen (secondary N) is 1. The standard InChI is InChI=1S/C21H23N5O2S/c1-14-22-19(13-29-14)21(28)26-10-8-15(9-11-26)17-12-18(24-23-17)20(27)25(2)16-6-4-3-5-7-16/h3-7,12-13,15H,8-11H2,1-2H3,(H,23,24). The second-order valence-electron chi connectivity index (χ2n) is 7.23. The van der Waals surface area contributed by atoms with Crippen LogP contribution in [0.5, 0.6) is 0 Å². The maximum Gasteiger partial charge on any atom is 0.278 e. The molecular formula is C21H23N5O2S. The fourth-order valence-electron chi connectivity index (χ4n) is 3.61. The van der Waals surface area contributed by atoms with E-state index in [9.17, 15) is 9.59 Å². The van der Waals surface area contributed by atoms with Gasteiger partial charge in [0, 0.05) is 42.8 Å². The third kappa shape index (κ3) is 4.07. The molecule has 1 aliphatic rings. The molecule has 1 saturated heterocycles. The molecule has 4 rings (SSSR count). The van der Waals surface area contributed by atoms with E-state index in [1.54, 1.807) is 11.9 Å². The molecule has 1 aliphatic heterocycles. The number of likely N-dealkylation sites (tertiary alicyclic amines) is 1. The molecule has 0 radical (unpaired) electrons. The SMILES string of the molecule is Cc1nc(C(=O)N2CCC(c3cc(C(=O)N(C)c4ccccc4)n[nH]3)CC2)cs1. The number of H-pyrrole nitrogens is 1. The number of rotatable bonds is 4. The molecule has 0 unspecified atom stereocenters. The van der Waals surface area contributed by atoms with E-state index in [4.69, 9.17) is 0 Å². The zero-order valence-corrected chi connectivity index (χ0v) is 17.3. The normalized spacial score (nSPS) is 14.8. The number of piperidine rings is 1. The van der Waals surface area contributed by atoms with Gasteiger partial charge in [-0.1, -0.05) is 18.2 Å². The first-order chi connectivity index (χ1) is 14.0. The highest BCUT2D eigenvalue weighted by Crippen LogP contribution is 2.28. The Kier molecular flexibility index (Phi) is 5.44. The van der Waals surface area contributed by atoms with Crippen LogP contribution in [0.4, 0.5) is 5.69 Å². The van der Waals surface area contributed by atoms with Gasteiger partial charge in [-0.15, -0.1) is 11.3 Å². The van der Waals surface area contributed by atoms with Crippen molar-refractivity contribution >= 4 is 28.8 Å². The summed E-state index contributed by atoms with van der Waals surface area (Å²) in [7, 11) is 1.75. The number of hydrogen-bond acceptors (Lipinski definition) is 5. The van der Waals surface area contributed by atoms with Crippen molar-refractivity contribution in [2.45, 2.75) is 25.7 Å². The molecule has 8 heteroatoms. The summed E-state index contributed by atoms with van der Waals surface area (Å²) in [6, 6.07) is 11.3. The number of anilines is 1. The molecule has 7 nitrogen and oxygen atoms in total. The number of para-hydroxylation sites is 1. The largest absolute Gasteiger partial charge is 0.337 e. The number of carbonyl (C=O) groups excluding carboxylic acids is 2. The summed E-state index contributed by atoms with van der Waals surface area (Å²) in [6.45, 7) is 3.25. The van der Waals surface area contributed by atoms with Crippen LogP contribution in [0.2, 0.25) is 0 Å². The van der Waals surface area contributed by atoms with Crippen LogP contribution in [-0.2, 0) is 0 Å². The van der Waals surface area contributed by atoms with E-state index in [0.717, 1.165) is 29.2 Å². The van der Waals surface area contributed by atoms with Crippen LogP contribution in [0.15, 0.2) is 41.8 Å². The van der Waals surface area contributed by atoms with Gasteiger partial charge in [0.2, 0.25) is 0 Å². The molecule has 3 aromatic rings. The lowest BCUT2D eigenvalue weighted by molar-refractivity contribution is 0.0706. The Bertz CT molecular complexity index is 1010. The molecule has 29 heavy (non-hydrogen) atoms. The average molecular weight is 410 g/mol. The van der Waals surface area contributed by atoms with Crippen molar-refractivity contribution in [1.82, 2.24) is 20.1 Å². The van der Waals surface area contributed by atoms with Crippen LogP contribution in [0.25, 0.3) is 0 Å². The fourth-order valence-corrected chi connectivity index (χ4v) is 4.20. The Hall–Kier alpha value is -3.00. The number of hydrogen-bond donors (Lipinski definition) is 1. The van der Waals surface area contributed by atoms with Crippen molar-refractivity contribution in [2.24, 2.45) is 0 Å². The van der Waals surface area contributed by atoms with Crippen LogP contribution in [0.3, 0.4) is 0 Å². The van der Waals surface area contributed by atoms with Crippen molar-refractivity contribution in [1.29, 1.82) is 0 Å². The number of nitrogens with zero attached hydrogens (tertiary/aromatic N) is 4. The maximum atomic E-state index is 12.7. The van der Waals surface area contributed by atoms with Gasteiger partial charge in [0.05, 0.1) is 5.01 Å². The third-order valence-corrected chi connectivity index (χ3v) is 6.10. The summed E-state index contributed by atoms with van der Waals surface area (Å²) in [5, 5.41) is 9.99. The molecule has 1 aromatic carbocycles. The Morgan fingerprint density at radius 1 is 1.17 bits per heavy atom. The van der Waals surface area contributed by atoms with Crippen molar-refractivity contribution in [3.05, 3.63) is 63.9 Å². The van der Waals surface area contributed by atoms with Crippen molar-refractivity contribution in [3.8, 4) is 0 Å². The van der Waals surface area contributed by atoms with Gasteiger partial charge in [-0.2, -0.15) is 5.10 Å². The number of aryl methyl sites for hydroxylation is 1. The van der Waals surface area contributed by atoms with E-state index in [1.807, 2.05) is 53.6 Å².